The molecule has 3 aromatic rings. The van der Waals surface area contributed by atoms with Crippen LogP contribution < -0.4 is 10.2 Å². The van der Waals surface area contributed by atoms with Crippen LogP contribution in [-0.2, 0) is 4.79 Å². The van der Waals surface area contributed by atoms with Gasteiger partial charge in [0.25, 0.3) is 11.8 Å². The number of benzene rings is 2. The highest BCUT2D eigenvalue weighted by atomic mass is 79.9. The SMILES string of the molecule is Cc1c(N2CCC(F)(F)CC2)nc2ccc(Br)cc2c1C(=O)NCC(CCC(=O)O)c1ccccc1Cl. The van der Waals surface area contributed by atoms with Gasteiger partial charge in [-0.25, -0.2) is 13.8 Å². The van der Waals surface area contributed by atoms with Crippen LogP contribution in [-0.4, -0.2) is 47.5 Å². The number of aromatic nitrogens is 1. The number of pyridine rings is 1. The van der Waals surface area contributed by atoms with E-state index < -0.39 is 11.9 Å². The first-order valence-electron chi connectivity index (χ1n) is 12.0. The lowest BCUT2D eigenvalue weighted by molar-refractivity contribution is -0.137. The minimum atomic E-state index is -2.70. The fourth-order valence-electron chi connectivity index (χ4n) is 4.74. The van der Waals surface area contributed by atoms with Crippen molar-refractivity contribution in [3.8, 4) is 0 Å². The standard InChI is InChI=1S/C27H27BrClF2N3O3/c1-16-24(26(37)32-15-17(6-9-23(35)36)19-4-2-3-5-21(19)29)20-14-18(28)7-8-22(20)33-25(16)34-12-10-27(30,31)11-13-34/h2-5,7-8,14,17H,6,9-13,15H2,1H3,(H,32,37)(H,35,36). The van der Waals surface area contributed by atoms with E-state index in [0.717, 1.165) is 10.0 Å². The maximum Gasteiger partial charge on any atom is 0.303 e. The second-order valence-electron chi connectivity index (χ2n) is 9.30. The van der Waals surface area contributed by atoms with E-state index in [4.69, 9.17) is 16.6 Å². The zero-order chi connectivity index (χ0) is 26.7. The lowest BCUT2D eigenvalue weighted by atomic mass is 9.93. The smallest absolute Gasteiger partial charge is 0.303 e. The predicted octanol–water partition coefficient (Wildman–Crippen LogP) is 6.57. The Bertz CT molecular complexity index is 1330. The molecule has 4 rings (SSSR count). The quantitative estimate of drug-likeness (QED) is 0.308. The topological polar surface area (TPSA) is 82.5 Å². The summed E-state index contributed by atoms with van der Waals surface area (Å²) < 4.78 is 28.4. The van der Waals surface area contributed by atoms with Gasteiger partial charge in [-0.1, -0.05) is 45.7 Å². The summed E-state index contributed by atoms with van der Waals surface area (Å²) in [5.74, 6) is -3.77. The number of fused-ring (bicyclic) bond motifs is 1. The number of aliphatic carboxylic acids is 1. The van der Waals surface area contributed by atoms with Gasteiger partial charge in [-0.05, 0) is 43.2 Å². The highest BCUT2D eigenvalue weighted by molar-refractivity contribution is 9.10. The molecule has 1 amide bonds. The Balaban J connectivity index is 1.67. The van der Waals surface area contributed by atoms with Gasteiger partial charge in [0, 0.05) is 65.3 Å². The molecule has 2 aromatic carbocycles. The fraction of sp³-hybridized carbons (Fsp3) is 0.370. The molecule has 1 aliphatic heterocycles. The zero-order valence-corrected chi connectivity index (χ0v) is 22.6. The molecule has 196 valence electrons. The van der Waals surface area contributed by atoms with Crippen molar-refractivity contribution in [3.05, 3.63) is 68.7 Å². The molecule has 10 heteroatoms. The van der Waals surface area contributed by atoms with E-state index in [1.54, 1.807) is 25.1 Å². The highest BCUT2D eigenvalue weighted by Crippen LogP contribution is 2.35. The summed E-state index contributed by atoms with van der Waals surface area (Å²) in [5, 5.41) is 13.3. The van der Waals surface area contributed by atoms with Crippen molar-refractivity contribution in [1.82, 2.24) is 10.3 Å². The molecule has 0 bridgehead atoms. The first-order chi connectivity index (χ1) is 17.6. The van der Waals surface area contributed by atoms with Crippen molar-refractivity contribution in [2.75, 3.05) is 24.5 Å². The van der Waals surface area contributed by atoms with E-state index in [9.17, 15) is 23.5 Å². The number of rotatable bonds is 8. The number of nitrogens with one attached hydrogen (secondary N) is 1. The van der Waals surface area contributed by atoms with Gasteiger partial charge < -0.3 is 15.3 Å². The van der Waals surface area contributed by atoms with Gasteiger partial charge in [0.1, 0.15) is 5.82 Å². The number of amides is 1. The maximum absolute atomic E-state index is 13.8. The van der Waals surface area contributed by atoms with Gasteiger partial charge in [-0.15, -0.1) is 0 Å². The van der Waals surface area contributed by atoms with Gasteiger partial charge in [0.15, 0.2) is 0 Å². The maximum atomic E-state index is 13.8. The van der Waals surface area contributed by atoms with Crippen LogP contribution in [0.15, 0.2) is 46.9 Å². The van der Waals surface area contributed by atoms with E-state index in [0.29, 0.717) is 39.3 Å². The molecule has 0 radical (unpaired) electrons. The summed E-state index contributed by atoms with van der Waals surface area (Å²) >= 11 is 9.84. The number of nitrogens with zero attached hydrogens (tertiary/aromatic N) is 2. The molecule has 0 saturated carbocycles. The molecule has 1 atom stereocenters. The lowest BCUT2D eigenvalue weighted by Crippen LogP contribution is -2.40. The summed E-state index contributed by atoms with van der Waals surface area (Å²) in [7, 11) is 0. The van der Waals surface area contributed by atoms with Gasteiger partial charge in [-0.3, -0.25) is 9.59 Å². The van der Waals surface area contributed by atoms with Crippen LogP contribution in [0.1, 0.15) is 53.1 Å². The Morgan fingerprint density at radius 1 is 1.22 bits per heavy atom. The van der Waals surface area contributed by atoms with E-state index in [-0.39, 0.29) is 50.7 Å². The Morgan fingerprint density at radius 2 is 1.92 bits per heavy atom. The van der Waals surface area contributed by atoms with Gasteiger partial charge >= 0.3 is 5.97 Å². The molecule has 2 heterocycles. The number of hydrogen-bond donors (Lipinski definition) is 2. The molecule has 37 heavy (non-hydrogen) atoms. The summed E-state index contributed by atoms with van der Waals surface area (Å²) in [5.41, 5.74) is 2.36. The molecule has 1 saturated heterocycles. The van der Waals surface area contributed by atoms with Crippen molar-refractivity contribution in [1.29, 1.82) is 0 Å². The zero-order valence-electron chi connectivity index (χ0n) is 20.2. The Morgan fingerprint density at radius 3 is 2.59 bits per heavy atom. The number of carbonyl (C=O) groups is 2. The number of anilines is 1. The largest absolute Gasteiger partial charge is 0.481 e. The summed E-state index contributed by atoms with van der Waals surface area (Å²) in [6.07, 6.45) is -0.303. The second-order valence-corrected chi connectivity index (χ2v) is 10.6. The minimum Gasteiger partial charge on any atom is -0.481 e. The third-order valence-electron chi connectivity index (χ3n) is 6.75. The average molecular weight is 595 g/mol. The summed E-state index contributed by atoms with van der Waals surface area (Å²) in [4.78, 5) is 31.4. The molecule has 1 fully saturated rings. The van der Waals surface area contributed by atoms with Crippen LogP contribution in [0, 0.1) is 6.92 Å². The first-order valence-corrected chi connectivity index (χ1v) is 13.2. The first kappa shape index (κ1) is 27.3. The summed E-state index contributed by atoms with van der Waals surface area (Å²) in [6.45, 7) is 2.25. The fourth-order valence-corrected chi connectivity index (χ4v) is 5.39. The summed E-state index contributed by atoms with van der Waals surface area (Å²) in [6, 6.07) is 12.6. The number of alkyl halides is 2. The minimum absolute atomic E-state index is 0.0698. The Labute approximate surface area is 227 Å². The number of carboxylic acids is 1. The third kappa shape index (κ3) is 6.38. The van der Waals surface area contributed by atoms with Gasteiger partial charge in [0.2, 0.25) is 0 Å². The molecule has 6 nitrogen and oxygen atoms in total. The van der Waals surface area contributed by atoms with Crippen molar-refractivity contribution >= 4 is 56.1 Å². The van der Waals surface area contributed by atoms with E-state index >= 15 is 0 Å². The normalized spacial score (nSPS) is 16.0. The van der Waals surface area contributed by atoms with Gasteiger partial charge in [-0.2, -0.15) is 0 Å². The van der Waals surface area contributed by atoms with Gasteiger partial charge in [0.05, 0.1) is 11.1 Å². The number of hydrogen-bond acceptors (Lipinski definition) is 4. The van der Waals surface area contributed by atoms with E-state index in [1.807, 2.05) is 29.2 Å². The number of carbonyl (C=O) groups excluding carboxylic acids is 1. The van der Waals surface area contributed by atoms with Crippen molar-refractivity contribution in [2.45, 2.75) is 44.4 Å². The van der Waals surface area contributed by atoms with Crippen LogP contribution in [0.2, 0.25) is 5.02 Å². The molecular formula is C27H27BrClF2N3O3. The predicted molar refractivity (Wildman–Crippen MR) is 144 cm³/mol. The highest BCUT2D eigenvalue weighted by Gasteiger charge is 2.35. The van der Waals surface area contributed by atoms with Crippen molar-refractivity contribution in [3.63, 3.8) is 0 Å². The second kappa shape index (κ2) is 11.3. The van der Waals surface area contributed by atoms with E-state index in [1.165, 1.54) is 0 Å². The average Bonchev–Trinajstić information content (AvgIpc) is 2.84. The molecule has 1 aromatic heterocycles. The number of halogens is 4. The number of piperidine rings is 1. The monoisotopic (exact) mass is 593 g/mol. The Kier molecular flexibility index (Phi) is 8.33. The Hall–Kier alpha value is -2.78. The molecule has 0 aliphatic carbocycles. The van der Waals surface area contributed by atoms with Crippen LogP contribution in [0.5, 0.6) is 0 Å². The van der Waals surface area contributed by atoms with Crippen LogP contribution in [0.4, 0.5) is 14.6 Å². The molecule has 1 unspecified atom stereocenters. The lowest BCUT2D eigenvalue weighted by Gasteiger charge is -2.34. The van der Waals surface area contributed by atoms with Crippen molar-refractivity contribution < 1.29 is 23.5 Å². The van der Waals surface area contributed by atoms with E-state index in [2.05, 4.69) is 21.2 Å². The molecular weight excluding hydrogens is 568 g/mol. The van der Waals surface area contributed by atoms with Crippen LogP contribution in [0.25, 0.3) is 10.9 Å². The van der Waals surface area contributed by atoms with Crippen molar-refractivity contribution in [2.24, 2.45) is 0 Å². The molecule has 0 spiro atoms. The molecule has 2 N–H and O–H groups in total. The number of carboxylic acid groups (broad SMARTS) is 1. The third-order valence-corrected chi connectivity index (χ3v) is 7.58. The van der Waals surface area contributed by atoms with Crippen LogP contribution >= 0.6 is 27.5 Å². The van der Waals surface area contributed by atoms with Crippen LogP contribution in [0.3, 0.4) is 0 Å². The molecule has 1 aliphatic rings.